The normalized spacial score (nSPS) is 15.5. The summed E-state index contributed by atoms with van der Waals surface area (Å²) < 4.78 is 52.4. The Morgan fingerprint density at radius 2 is 1.73 bits per heavy atom. The number of benzene rings is 2. The van der Waals surface area contributed by atoms with Crippen LogP contribution in [0, 0.1) is 11.7 Å². The Bertz CT molecular complexity index is 851. The maximum Gasteiger partial charge on any atom is 0.416 e. The summed E-state index contributed by atoms with van der Waals surface area (Å²) in [4.78, 5) is 14.6. The van der Waals surface area contributed by atoms with Gasteiger partial charge in [0.05, 0.1) is 5.56 Å². The van der Waals surface area contributed by atoms with Crippen molar-refractivity contribution in [1.29, 1.82) is 0 Å². The zero-order valence-corrected chi connectivity index (χ0v) is 17.6. The van der Waals surface area contributed by atoms with E-state index in [2.05, 4.69) is 10.2 Å². The molecule has 1 saturated heterocycles. The molecule has 9 heteroatoms. The standard InChI is InChI=1S/C21H21ClF4N2O.ClH/c22-17-4-3-16(19(11-17)21(24,25)26)12-27-20(29)15-7-9-28(10-8-15)13-14-1-5-18(23)6-2-14;/h1-6,11,15H,7-10,12-13H2,(H,27,29);1H. The average molecular weight is 465 g/mol. The second-order valence-corrected chi connectivity index (χ2v) is 7.63. The van der Waals surface area contributed by atoms with Gasteiger partial charge in [0.25, 0.3) is 0 Å². The highest BCUT2D eigenvalue weighted by Crippen LogP contribution is 2.33. The van der Waals surface area contributed by atoms with Gasteiger partial charge in [0.15, 0.2) is 0 Å². The van der Waals surface area contributed by atoms with E-state index in [9.17, 15) is 22.4 Å². The van der Waals surface area contributed by atoms with E-state index < -0.39 is 11.7 Å². The second-order valence-electron chi connectivity index (χ2n) is 7.19. The number of hydrogen-bond acceptors (Lipinski definition) is 2. The maximum atomic E-state index is 13.2. The fourth-order valence-corrected chi connectivity index (χ4v) is 3.67. The molecule has 0 saturated carbocycles. The topological polar surface area (TPSA) is 32.3 Å². The minimum atomic E-state index is -4.53. The molecule has 1 fully saturated rings. The van der Waals surface area contributed by atoms with Crippen LogP contribution < -0.4 is 5.32 Å². The average Bonchev–Trinajstić information content (AvgIpc) is 2.68. The van der Waals surface area contributed by atoms with Crippen molar-refractivity contribution in [3.05, 3.63) is 70.0 Å². The molecule has 1 aliphatic rings. The van der Waals surface area contributed by atoms with Gasteiger partial charge in [-0.15, -0.1) is 12.4 Å². The molecule has 0 aromatic heterocycles. The molecule has 0 spiro atoms. The van der Waals surface area contributed by atoms with E-state index in [1.54, 1.807) is 12.1 Å². The quantitative estimate of drug-likeness (QED) is 0.596. The number of rotatable bonds is 5. The van der Waals surface area contributed by atoms with Crippen molar-refractivity contribution in [2.45, 2.75) is 32.1 Å². The molecule has 3 rings (SSSR count). The van der Waals surface area contributed by atoms with E-state index in [4.69, 9.17) is 11.6 Å². The first-order chi connectivity index (χ1) is 13.7. The Hall–Kier alpha value is -1.83. The van der Waals surface area contributed by atoms with Gasteiger partial charge in [-0.05, 0) is 61.3 Å². The minimum Gasteiger partial charge on any atom is -0.352 e. The lowest BCUT2D eigenvalue weighted by molar-refractivity contribution is -0.138. The zero-order valence-electron chi connectivity index (χ0n) is 16.0. The summed E-state index contributed by atoms with van der Waals surface area (Å²) in [5.41, 5.74) is 0.153. The van der Waals surface area contributed by atoms with E-state index >= 15 is 0 Å². The first kappa shape index (κ1) is 24.4. The number of piperidine rings is 1. The van der Waals surface area contributed by atoms with Crippen LogP contribution in [0.1, 0.15) is 29.5 Å². The molecule has 0 unspecified atom stereocenters. The molecule has 3 nitrogen and oxygen atoms in total. The highest BCUT2D eigenvalue weighted by atomic mass is 35.5. The first-order valence-corrected chi connectivity index (χ1v) is 9.70. The van der Waals surface area contributed by atoms with Crippen LogP contribution in [0.25, 0.3) is 0 Å². The van der Waals surface area contributed by atoms with Crippen LogP contribution in [0.15, 0.2) is 42.5 Å². The van der Waals surface area contributed by atoms with Crippen LogP contribution in [0.2, 0.25) is 5.02 Å². The molecule has 1 aliphatic heterocycles. The van der Waals surface area contributed by atoms with Crippen molar-refractivity contribution in [2.24, 2.45) is 5.92 Å². The largest absolute Gasteiger partial charge is 0.416 e. The van der Waals surface area contributed by atoms with Crippen molar-refractivity contribution in [1.82, 2.24) is 10.2 Å². The number of halogens is 6. The Morgan fingerprint density at radius 3 is 2.33 bits per heavy atom. The molecule has 2 aromatic rings. The number of alkyl halides is 3. The van der Waals surface area contributed by atoms with Crippen molar-refractivity contribution in [3.63, 3.8) is 0 Å². The molecule has 0 atom stereocenters. The fraction of sp³-hybridized carbons (Fsp3) is 0.381. The summed E-state index contributed by atoms with van der Waals surface area (Å²) in [6.45, 7) is 1.88. The fourth-order valence-electron chi connectivity index (χ4n) is 3.49. The van der Waals surface area contributed by atoms with E-state index in [0.29, 0.717) is 32.5 Å². The summed E-state index contributed by atoms with van der Waals surface area (Å²) in [5.74, 6) is -0.755. The third kappa shape index (κ3) is 6.59. The lowest BCUT2D eigenvalue weighted by atomic mass is 9.95. The van der Waals surface area contributed by atoms with Crippen LogP contribution in [-0.2, 0) is 24.1 Å². The number of carbonyl (C=O) groups excluding carboxylic acids is 1. The Balaban J connectivity index is 0.00000320. The van der Waals surface area contributed by atoms with Gasteiger partial charge in [-0.3, -0.25) is 9.69 Å². The van der Waals surface area contributed by atoms with Crippen LogP contribution >= 0.6 is 24.0 Å². The highest BCUT2D eigenvalue weighted by Gasteiger charge is 2.34. The van der Waals surface area contributed by atoms with Crippen molar-refractivity contribution in [3.8, 4) is 0 Å². The van der Waals surface area contributed by atoms with Crippen molar-refractivity contribution < 1.29 is 22.4 Å². The van der Waals surface area contributed by atoms with Gasteiger partial charge in [0.2, 0.25) is 5.91 Å². The van der Waals surface area contributed by atoms with E-state index in [0.717, 1.165) is 11.6 Å². The van der Waals surface area contributed by atoms with Crippen LogP contribution in [0.3, 0.4) is 0 Å². The van der Waals surface area contributed by atoms with Gasteiger partial charge in [-0.2, -0.15) is 13.2 Å². The smallest absolute Gasteiger partial charge is 0.352 e. The van der Waals surface area contributed by atoms with Gasteiger partial charge in [0, 0.05) is 24.0 Å². The van der Waals surface area contributed by atoms with Crippen LogP contribution in [0.4, 0.5) is 17.6 Å². The molecule has 30 heavy (non-hydrogen) atoms. The van der Waals surface area contributed by atoms with E-state index in [1.807, 2.05) is 0 Å². The molecule has 0 aliphatic carbocycles. The number of hydrogen-bond donors (Lipinski definition) is 1. The number of amides is 1. The molecular weight excluding hydrogens is 443 g/mol. The zero-order chi connectivity index (χ0) is 21.0. The van der Waals surface area contributed by atoms with Crippen molar-refractivity contribution >= 4 is 29.9 Å². The maximum absolute atomic E-state index is 13.2. The summed E-state index contributed by atoms with van der Waals surface area (Å²) in [6, 6.07) is 9.85. The molecule has 164 valence electrons. The number of nitrogens with one attached hydrogen (secondary N) is 1. The Labute approximate surface area is 183 Å². The third-order valence-electron chi connectivity index (χ3n) is 5.11. The second kappa shape index (κ2) is 10.5. The van der Waals surface area contributed by atoms with Crippen LogP contribution in [0.5, 0.6) is 0 Å². The summed E-state index contributed by atoms with van der Waals surface area (Å²) in [5, 5.41) is 2.63. The summed E-state index contributed by atoms with van der Waals surface area (Å²) >= 11 is 5.68. The van der Waals surface area contributed by atoms with E-state index in [1.165, 1.54) is 24.3 Å². The van der Waals surface area contributed by atoms with Gasteiger partial charge in [-0.25, -0.2) is 4.39 Å². The predicted octanol–water partition coefficient (Wildman–Crippen LogP) is 5.45. The Kier molecular flexibility index (Phi) is 8.52. The van der Waals surface area contributed by atoms with Gasteiger partial charge in [-0.1, -0.05) is 29.8 Å². The number of nitrogens with zero attached hydrogens (tertiary/aromatic N) is 1. The van der Waals surface area contributed by atoms with Crippen LogP contribution in [-0.4, -0.2) is 23.9 Å². The molecule has 2 aromatic carbocycles. The molecule has 0 bridgehead atoms. The van der Waals surface area contributed by atoms with E-state index in [-0.39, 0.29) is 47.2 Å². The first-order valence-electron chi connectivity index (χ1n) is 9.32. The van der Waals surface area contributed by atoms with Gasteiger partial charge < -0.3 is 5.32 Å². The SMILES string of the molecule is Cl.O=C(NCc1ccc(Cl)cc1C(F)(F)F)C1CCN(Cc2ccc(F)cc2)CC1. The van der Waals surface area contributed by atoms with Gasteiger partial charge >= 0.3 is 6.18 Å². The van der Waals surface area contributed by atoms with Crippen molar-refractivity contribution in [2.75, 3.05) is 13.1 Å². The predicted molar refractivity (Wildman–Crippen MR) is 110 cm³/mol. The van der Waals surface area contributed by atoms with Gasteiger partial charge in [0.1, 0.15) is 5.82 Å². The number of likely N-dealkylation sites (tertiary alicyclic amines) is 1. The molecule has 1 amide bonds. The highest BCUT2D eigenvalue weighted by molar-refractivity contribution is 6.30. The molecule has 1 N–H and O–H groups in total. The molecule has 0 radical (unpaired) electrons. The monoisotopic (exact) mass is 464 g/mol. The Morgan fingerprint density at radius 1 is 1.10 bits per heavy atom. The summed E-state index contributed by atoms with van der Waals surface area (Å²) in [7, 11) is 0. The molecule has 1 heterocycles. The lowest BCUT2D eigenvalue weighted by Crippen LogP contribution is -2.40. The summed E-state index contributed by atoms with van der Waals surface area (Å²) in [6.07, 6.45) is -3.28. The third-order valence-corrected chi connectivity index (χ3v) is 5.34. The number of carbonyl (C=O) groups is 1. The molecular formula is C21H22Cl2F4N2O. The lowest BCUT2D eigenvalue weighted by Gasteiger charge is -2.31. The minimum absolute atomic E-state index is 0.